The van der Waals surface area contributed by atoms with E-state index in [-0.39, 0.29) is 6.10 Å². The minimum absolute atomic E-state index is 0.138. The van der Waals surface area contributed by atoms with E-state index in [9.17, 15) is 5.11 Å². The van der Waals surface area contributed by atoms with Crippen LogP contribution >= 0.6 is 0 Å². The summed E-state index contributed by atoms with van der Waals surface area (Å²) < 4.78 is 0. The summed E-state index contributed by atoms with van der Waals surface area (Å²) >= 11 is 0. The number of piperidine rings is 1. The highest BCUT2D eigenvalue weighted by Crippen LogP contribution is 2.21. The highest BCUT2D eigenvalue weighted by atomic mass is 16.3. The molecule has 0 aromatic heterocycles. The molecular formula is C10H20N4O. The molecule has 0 aromatic carbocycles. The zero-order valence-corrected chi connectivity index (χ0v) is 9.34. The van der Waals surface area contributed by atoms with Gasteiger partial charge in [-0.05, 0) is 24.3 Å². The van der Waals surface area contributed by atoms with Gasteiger partial charge in [0.25, 0.3) is 0 Å². The lowest BCUT2D eigenvalue weighted by molar-refractivity contribution is 0.0239. The second kappa shape index (κ2) is 6.67. The Morgan fingerprint density at radius 1 is 1.60 bits per heavy atom. The van der Waals surface area contributed by atoms with Crippen LogP contribution in [0.15, 0.2) is 5.11 Å². The third-order valence-corrected chi connectivity index (χ3v) is 3.02. The number of hydrogen-bond acceptors (Lipinski definition) is 3. The van der Waals surface area contributed by atoms with Gasteiger partial charge in [0.05, 0.1) is 6.10 Å². The number of hydrogen-bond donors (Lipinski definition) is 1. The van der Waals surface area contributed by atoms with Gasteiger partial charge in [0, 0.05) is 31.1 Å². The average Bonchev–Trinajstić information content (AvgIpc) is 2.23. The lowest BCUT2D eigenvalue weighted by Crippen LogP contribution is -2.43. The summed E-state index contributed by atoms with van der Waals surface area (Å²) in [7, 11) is 0. The largest absolute Gasteiger partial charge is 0.393 e. The van der Waals surface area contributed by atoms with E-state index in [1.807, 2.05) is 0 Å². The molecule has 1 fully saturated rings. The summed E-state index contributed by atoms with van der Waals surface area (Å²) in [6.07, 6.45) is 2.91. The molecule has 0 amide bonds. The first-order chi connectivity index (χ1) is 7.27. The van der Waals surface area contributed by atoms with Gasteiger partial charge < -0.3 is 10.0 Å². The molecular weight excluding hydrogens is 192 g/mol. The summed E-state index contributed by atoms with van der Waals surface area (Å²) in [4.78, 5) is 5.02. The summed E-state index contributed by atoms with van der Waals surface area (Å²) in [6.45, 7) is 5.35. The molecule has 15 heavy (non-hydrogen) atoms. The number of aliphatic hydroxyl groups is 1. The zero-order valence-electron chi connectivity index (χ0n) is 9.34. The van der Waals surface area contributed by atoms with Gasteiger partial charge in [-0.15, -0.1) is 0 Å². The molecule has 2 atom stereocenters. The number of likely N-dealkylation sites (tertiary alicyclic amines) is 1. The normalized spacial score (nSPS) is 27.3. The summed E-state index contributed by atoms with van der Waals surface area (Å²) in [5, 5.41) is 13.3. The van der Waals surface area contributed by atoms with Gasteiger partial charge in [-0.3, -0.25) is 0 Å². The Morgan fingerprint density at radius 2 is 2.40 bits per heavy atom. The number of rotatable bonds is 5. The third kappa shape index (κ3) is 4.08. The number of azide groups is 1. The van der Waals surface area contributed by atoms with E-state index in [1.165, 1.54) is 0 Å². The maximum absolute atomic E-state index is 9.78. The first kappa shape index (κ1) is 12.3. The summed E-state index contributed by atoms with van der Waals surface area (Å²) in [5.74, 6) is 0.398. The zero-order chi connectivity index (χ0) is 11.1. The van der Waals surface area contributed by atoms with Crippen LogP contribution in [0.3, 0.4) is 0 Å². The third-order valence-electron chi connectivity index (χ3n) is 3.02. The van der Waals surface area contributed by atoms with Gasteiger partial charge in [-0.1, -0.05) is 18.5 Å². The molecule has 1 aliphatic rings. The molecule has 0 bridgehead atoms. The Labute approximate surface area is 90.7 Å². The second-order valence-corrected chi connectivity index (χ2v) is 4.16. The Morgan fingerprint density at radius 3 is 3.07 bits per heavy atom. The number of nitrogens with zero attached hydrogens (tertiary/aromatic N) is 4. The van der Waals surface area contributed by atoms with Gasteiger partial charge in [0.15, 0.2) is 0 Å². The minimum atomic E-state index is -0.138. The van der Waals surface area contributed by atoms with Crippen LogP contribution < -0.4 is 0 Å². The van der Waals surface area contributed by atoms with Crippen molar-refractivity contribution in [2.45, 2.75) is 32.3 Å². The summed E-state index contributed by atoms with van der Waals surface area (Å²) in [6, 6.07) is 0. The maximum atomic E-state index is 9.78. The fraction of sp³-hybridized carbons (Fsp3) is 1.00. The van der Waals surface area contributed by atoms with Crippen LogP contribution in [0.4, 0.5) is 0 Å². The molecule has 1 N–H and O–H groups in total. The van der Waals surface area contributed by atoms with Crippen LogP contribution in [0.25, 0.3) is 10.4 Å². The molecule has 0 aromatic rings. The molecule has 0 unspecified atom stereocenters. The standard InChI is InChI=1S/C10H20N4O/c1-2-3-9-8-14(6-4-10(9)15)7-5-12-13-11/h9-10,15H,2-8H2,1H3/t9-,10+/m1/s1. The molecule has 5 nitrogen and oxygen atoms in total. The van der Waals surface area contributed by atoms with Crippen molar-refractivity contribution in [3.8, 4) is 0 Å². The smallest absolute Gasteiger partial charge is 0.0592 e. The minimum Gasteiger partial charge on any atom is -0.393 e. The van der Waals surface area contributed by atoms with Crippen LogP contribution in [0, 0.1) is 5.92 Å². The predicted molar refractivity (Wildman–Crippen MR) is 59.5 cm³/mol. The highest BCUT2D eigenvalue weighted by molar-refractivity contribution is 4.79. The molecule has 0 aliphatic carbocycles. The SMILES string of the molecule is CCC[C@@H]1CN(CCN=[N+]=[N-])CC[C@@H]1O. The average molecular weight is 212 g/mol. The van der Waals surface area contributed by atoms with Crippen molar-refractivity contribution in [1.29, 1.82) is 0 Å². The van der Waals surface area contributed by atoms with E-state index >= 15 is 0 Å². The van der Waals surface area contributed by atoms with Crippen LogP contribution in [-0.2, 0) is 0 Å². The highest BCUT2D eigenvalue weighted by Gasteiger charge is 2.26. The molecule has 1 saturated heterocycles. The van der Waals surface area contributed by atoms with Crippen LogP contribution in [0.1, 0.15) is 26.2 Å². The van der Waals surface area contributed by atoms with Crippen molar-refractivity contribution in [3.63, 3.8) is 0 Å². The van der Waals surface area contributed by atoms with E-state index in [0.717, 1.165) is 38.9 Å². The molecule has 0 radical (unpaired) electrons. The van der Waals surface area contributed by atoms with Gasteiger partial charge in [-0.25, -0.2) is 0 Å². The monoisotopic (exact) mass is 212 g/mol. The number of aliphatic hydroxyl groups excluding tert-OH is 1. The van der Waals surface area contributed by atoms with Crippen molar-refractivity contribution in [3.05, 3.63) is 10.4 Å². The van der Waals surface area contributed by atoms with Crippen molar-refractivity contribution >= 4 is 0 Å². The van der Waals surface area contributed by atoms with Gasteiger partial charge in [0.2, 0.25) is 0 Å². The molecule has 0 saturated carbocycles. The van der Waals surface area contributed by atoms with E-state index < -0.39 is 0 Å². The maximum Gasteiger partial charge on any atom is 0.0592 e. The Hall–Kier alpha value is -0.770. The Balaban J connectivity index is 2.32. The van der Waals surface area contributed by atoms with Gasteiger partial charge in [0.1, 0.15) is 0 Å². The fourth-order valence-corrected chi connectivity index (χ4v) is 2.18. The second-order valence-electron chi connectivity index (χ2n) is 4.16. The van der Waals surface area contributed by atoms with Gasteiger partial charge >= 0.3 is 0 Å². The fourth-order valence-electron chi connectivity index (χ4n) is 2.18. The molecule has 1 heterocycles. The van der Waals surface area contributed by atoms with Crippen LogP contribution in [-0.4, -0.2) is 42.3 Å². The topological polar surface area (TPSA) is 72.2 Å². The molecule has 86 valence electrons. The van der Waals surface area contributed by atoms with Crippen molar-refractivity contribution < 1.29 is 5.11 Å². The van der Waals surface area contributed by atoms with Crippen LogP contribution in [0.5, 0.6) is 0 Å². The lowest BCUT2D eigenvalue weighted by Gasteiger charge is -2.35. The summed E-state index contributed by atoms with van der Waals surface area (Å²) in [5.41, 5.74) is 8.17. The van der Waals surface area contributed by atoms with Gasteiger partial charge in [-0.2, -0.15) is 0 Å². The van der Waals surface area contributed by atoms with Crippen LogP contribution in [0.2, 0.25) is 0 Å². The van der Waals surface area contributed by atoms with Crippen molar-refractivity contribution in [1.82, 2.24) is 4.90 Å². The Kier molecular flexibility index (Phi) is 5.47. The molecule has 5 heteroatoms. The van der Waals surface area contributed by atoms with E-state index in [1.54, 1.807) is 0 Å². The van der Waals surface area contributed by atoms with Crippen molar-refractivity contribution in [2.75, 3.05) is 26.2 Å². The lowest BCUT2D eigenvalue weighted by atomic mass is 9.91. The molecule has 1 aliphatic heterocycles. The predicted octanol–water partition coefficient (Wildman–Crippen LogP) is 1.78. The van der Waals surface area contributed by atoms with E-state index in [0.29, 0.717) is 12.5 Å². The van der Waals surface area contributed by atoms with E-state index in [2.05, 4.69) is 21.8 Å². The van der Waals surface area contributed by atoms with E-state index in [4.69, 9.17) is 5.53 Å². The Bertz CT molecular complexity index is 227. The van der Waals surface area contributed by atoms with Crippen molar-refractivity contribution in [2.24, 2.45) is 11.0 Å². The quantitative estimate of drug-likeness (QED) is 0.428. The molecule has 1 rings (SSSR count). The molecule has 0 spiro atoms. The first-order valence-corrected chi connectivity index (χ1v) is 5.69. The first-order valence-electron chi connectivity index (χ1n) is 5.69.